The molecule has 9 heteroatoms. The predicted molar refractivity (Wildman–Crippen MR) is 96.5 cm³/mol. The number of piperidine rings is 1. The van der Waals surface area contributed by atoms with Crippen molar-refractivity contribution in [1.29, 1.82) is 0 Å². The standard InChI is InChI=1S/C15H22N6OS2/c1-11(2)20-9-17-21(15(20)23)10-19-6-3-4-12(8-19)13(22)18-14-16-5-7-24-14/h5,7,9,11-12H,3-4,6,8,10H2,1-2H3,(H,16,18,22). The molecule has 0 aliphatic carbocycles. The van der Waals surface area contributed by atoms with Gasteiger partial charge < -0.3 is 9.88 Å². The van der Waals surface area contributed by atoms with Crippen LogP contribution in [-0.4, -0.2) is 43.2 Å². The Morgan fingerprint density at radius 2 is 2.38 bits per heavy atom. The molecule has 7 nitrogen and oxygen atoms in total. The predicted octanol–water partition coefficient (Wildman–Crippen LogP) is 2.76. The van der Waals surface area contributed by atoms with Gasteiger partial charge in [0, 0.05) is 24.2 Å². The van der Waals surface area contributed by atoms with E-state index in [1.807, 2.05) is 14.6 Å². The minimum absolute atomic E-state index is 0.0241. The lowest BCUT2D eigenvalue weighted by atomic mass is 9.97. The summed E-state index contributed by atoms with van der Waals surface area (Å²) in [6.45, 7) is 6.47. The lowest BCUT2D eigenvalue weighted by molar-refractivity contribution is -0.121. The Hall–Kier alpha value is -1.58. The van der Waals surface area contributed by atoms with Gasteiger partial charge in [0.25, 0.3) is 0 Å². The lowest BCUT2D eigenvalue weighted by Gasteiger charge is -2.31. The molecular weight excluding hydrogens is 344 g/mol. The number of carbonyl (C=O) groups is 1. The molecule has 2 aromatic heterocycles. The van der Waals surface area contributed by atoms with Gasteiger partial charge in [-0.25, -0.2) is 9.67 Å². The molecule has 3 rings (SSSR count). The molecule has 0 bridgehead atoms. The first-order chi connectivity index (χ1) is 11.5. The summed E-state index contributed by atoms with van der Waals surface area (Å²) in [6.07, 6.45) is 5.37. The van der Waals surface area contributed by atoms with Gasteiger partial charge in [0.1, 0.15) is 6.33 Å². The van der Waals surface area contributed by atoms with Crippen molar-refractivity contribution in [3.8, 4) is 0 Å². The van der Waals surface area contributed by atoms with E-state index in [4.69, 9.17) is 12.2 Å². The third-order valence-corrected chi connectivity index (χ3v) is 5.30. The first-order valence-corrected chi connectivity index (χ1v) is 9.40. The Kier molecular flexibility index (Phi) is 5.42. The number of rotatable bonds is 5. The van der Waals surface area contributed by atoms with Gasteiger partial charge in [0.2, 0.25) is 5.91 Å². The molecule has 1 saturated heterocycles. The molecule has 0 saturated carbocycles. The number of amides is 1. The number of hydrogen-bond donors (Lipinski definition) is 1. The van der Waals surface area contributed by atoms with Crippen molar-refractivity contribution in [2.75, 3.05) is 18.4 Å². The SMILES string of the molecule is CC(C)n1cnn(CN2CCCC(C(=O)Nc3nccs3)C2)c1=S. The summed E-state index contributed by atoms with van der Waals surface area (Å²) in [5.41, 5.74) is 0. The van der Waals surface area contributed by atoms with Crippen LogP contribution in [0.5, 0.6) is 0 Å². The number of likely N-dealkylation sites (tertiary alicyclic amines) is 1. The monoisotopic (exact) mass is 366 g/mol. The number of carbonyl (C=O) groups excluding carboxylic acids is 1. The van der Waals surface area contributed by atoms with Gasteiger partial charge in [0.15, 0.2) is 9.90 Å². The molecule has 1 N–H and O–H groups in total. The van der Waals surface area contributed by atoms with Crippen LogP contribution in [0.4, 0.5) is 5.13 Å². The molecule has 3 heterocycles. The normalized spacial score (nSPS) is 18.9. The highest BCUT2D eigenvalue weighted by molar-refractivity contribution is 7.71. The largest absolute Gasteiger partial charge is 0.304 e. The fourth-order valence-electron chi connectivity index (χ4n) is 2.88. The number of thiazole rings is 1. The molecule has 1 unspecified atom stereocenters. The Labute approximate surface area is 150 Å². The van der Waals surface area contributed by atoms with Crippen LogP contribution in [-0.2, 0) is 11.5 Å². The van der Waals surface area contributed by atoms with E-state index in [9.17, 15) is 4.79 Å². The highest BCUT2D eigenvalue weighted by Gasteiger charge is 2.26. The van der Waals surface area contributed by atoms with Crippen molar-refractivity contribution in [2.24, 2.45) is 5.92 Å². The van der Waals surface area contributed by atoms with Crippen LogP contribution in [0.3, 0.4) is 0 Å². The van der Waals surface area contributed by atoms with Crippen LogP contribution >= 0.6 is 23.6 Å². The number of nitrogens with zero attached hydrogens (tertiary/aromatic N) is 5. The van der Waals surface area contributed by atoms with Crippen LogP contribution in [0.25, 0.3) is 0 Å². The Morgan fingerprint density at radius 3 is 3.04 bits per heavy atom. The van der Waals surface area contributed by atoms with E-state index in [1.165, 1.54) is 11.3 Å². The minimum Gasteiger partial charge on any atom is -0.304 e. The van der Waals surface area contributed by atoms with Crippen molar-refractivity contribution >= 4 is 34.6 Å². The van der Waals surface area contributed by atoms with Crippen LogP contribution in [0.2, 0.25) is 0 Å². The number of aromatic nitrogens is 4. The van der Waals surface area contributed by atoms with Crippen molar-refractivity contribution in [1.82, 2.24) is 24.2 Å². The summed E-state index contributed by atoms with van der Waals surface area (Å²) >= 11 is 6.92. The van der Waals surface area contributed by atoms with Gasteiger partial charge in [-0.3, -0.25) is 9.69 Å². The van der Waals surface area contributed by atoms with Crippen LogP contribution in [0, 0.1) is 10.7 Å². The molecule has 130 valence electrons. The van der Waals surface area contributed by atoms with Crippen molar-refractivity contribution in [3.63, 3.8) is 0 Å². The fraction of sp³-hybridized carbons (Fsp3) is 0.600. The van der Waals surface area contributed by atoms with E-state index in [1.54, 1.807) is 12.5 Å². The van der Waals surface area contributed by atoms with Gasteiger partial charge in [0.05, 0.1) is 12.6 Å². The first kappa shape index (κ1) is 17.2. The fourth-order valence-corrected chi connectivity index (χ4v) is 3.78. The highest BCUT2D eigenvalue weighted by atomic mass is 32.1. The maximum absolute atomic E-state index is 12.4. The molecule has 24 heavy (non-hydrogen) atoms. The quantitative estimate of drug-likeness (QED) is 0.824. The molecule has 1 aliphatic rings. The van der Waals surface area contributed by atoms with E-state index in [-0.39, 0.29) is 11.8 Å². The minimum atomic E-state index is -0.0241. The zero-order valence-electron chi connectivity index (χ0n) is 13.9. The summed E-state index contributed by atoms with van der Waals surface area (Å²) < 4.78 is 4.53. The maximum atomic E-state index is 12.4. The zero-order chi connectivity index (χ0) is 17.1. The van der Waals surface area contributed by atoms with Crippen LogP contribution < -0.4 is 5.32 Å². The highest BCUT2D eigenvalue weighted by Crippen LogP contribution is 2.20. The van der Waals surface area contributed by atoms with Crippen molar-refractivity contribution in [2.45, 2.75) is 39.4 Å². The van der Waals surface area contributed by atoms with Gasteiger partial charge >= 0.3 is 0 Å². The molecular formula is C15H22N6OS2. The van der Waals surface area contributed by atoms with E-state index in [2.05, 4.69) is 34.1 Å². The number of nitrogens with one attached hydrogen (secondary N) is 1. The average molecular weight is 367 g/mol. The van der Waals surface area contributed by atoms with E-state index in [0.29, 0.717) is 24.4 Å². The maximum Gasteiger partial charge on any atom is 0.230 e. The Morgan fingerprint density at radius 1 is 1.54 bits per heavy atom. The third-order valence-electron chi connectivity index (χ3n) is 4.19. The van der Waals surface area contributed by atoms with E-state index < -0.39 is 0 Å². The second-order valence-corrected chi connectivity index (χ2v) is 7.56. The number of hydrogen-bond acceptors (Lipinski definition) is 6. The van der Waals surface area contributed by atoms with E-state index >= 15 is 0 Å². The summed E-state index contributed by atoms with van der Waals surface area (Å²) in [6, 6.07) is 0.296. The molecule has 1 amide bonds. The van der Waals surface area contributed by atoms with Gasteiger partial charge in [-0.15, -0.1) is 11.3 Å². The summed E-state index contributed by atoms with van der Waals surface area (Å²) in [5.74, 6) is 0.0231. The zero-order valence-corrected chi connectivity index (χ0v) is 15.5. The Balaban J connectivity index is 1.61. The summed E-state index contributed by atoms with van der Waals surface area (Å²) in [5, 5.41) is 9.81. The van der Waals surface area contributed by atoms with E-state index in [0.717, 1.165) is 24.2 Å². The van der Waals surface area contributed by atoms with Gasteiger partial charge in [-0.1, -0.05) is 0 Å². The molecule has 0 aromatic carbocycles. The molecule has 0 radical (unpaired) electrons. The number of anilines is 1. The van der Waals surface area contributed by atoms with Crippen LogP contribution in [0.1, 0.15) is 32.7 Å². The van der Waals surface area contributed by atoms with Gasteiger partial charge in [-0.2, -0.15) is 5.10 Å². The third kappa shape index (κ3) is 3.90. The van der Waals surface area contributed by atoms with Crippen LogP contribution in [0.15, 0.2) is 17.9 Å². The second-order valence-electron chi connectivity index (χ2n) is 6.30. The lowest BCUT2D eigenvalue weighted by Crippen LogP contribution is -2.41. The molecule has 1 aliphatic heterocycles. The van der Waals surface area contributed by atoms with Crippen molar-refractivity contribution < 1.29 is 4.79 Å². The topological polar surface area (TPSA) is 68.0 Å². The molecule has 2 aromatic rings. The Bertz CT molecular complexity index is 735. The second kappa shape index (κ2) is 7.54. The van der Waals surface area contributed by atoms with Crippen molar-refractivity contribution in [3.05, 3.63) is 22.7 Å². The molecule has 1 fully saturated rings. The molecule has 1 atom stereocenters. The summed E-state index contributed by atoms with van der Waals surface area (Å²) in [7, 11) is 0. The summed E-state index contributed by atoms with van der Waals surface area (Å²) in [4.78, 5) is 18.8. The smallest absolute Gasteiger partial charge is 0.230 e. The molecule has 0 spiro atoms. The average Bonchev–Trinajstić information content (AvgIpc) is 3.18. The first-order valence-electron chi connectivity index (χ1n) is 8.11. The van der Waals surface area contributed by atoms with Gasteiger partial charge in [-0.05, 0) is 45.5 Å².